The molecule has 1 heterocycles. The number of hydrogen-bond donors (Lipinski definition) is 0. The van der Waals surface area contributed by atoms with E-state index in [0.29, 0.717) is 16.7 Å². The van der Waals surface area contributed by atoms with Crippen LogP contribution in [0.1, 0.15) is 16.1 Å². The average molecular weight is 310 g/mol. The van der Waals surface area contributed by atoms with Crippen LogP contribution in [0.25, 0.3) is 11.0 Å². The number of fused-ring (bicyclic) bond motifs is 1. The van der Waals surface area contributed by atoms with Crippen molar-refractivity contribution >= 4 is 16.9 Å². The van der Waals surface area contributed by atoms with Gasteiger partial charge in [0, 0.05) is 11.6 Å². The third-order valence-corrected chi connectivity index (χ3v) is 3.39. The number of esters is 1. The van der Waals surface area contributed by atoms with E-state index in [1.54, 1.807) is 43.5 Å². The van der Waals surface area contributed by atoms with Crippen LogP contribution < -0.4 is 10.2 Å². The number of carbonyl (C=O) groups excluding carboxylic acids is 1. The number of rotatable bonds is 4. The molecule has 0 saturated heterocycles. The van der Waals surface area contributed by atoms with Crippen LogP contribution >= 0.6 is 0 Å². The van der Waals surface area contributed by atoms with Gasteiger partial charge in [-0.15, -0.1) is 0 Å². The van der Waals surface area contributed by atoms with Crippen molar-refractivity contribution in [3.8, 4) is 5.75 Å². The van der Waals surface area contributed by atoms with Crippen LogP contribution in [0.2, 0.25) is 0 Å². The predicted octanol–water partition coefficient (Wildman–Crippen LogP) is 3.16. The van der Waals surface area contributed by atoms with Gasteiger partial charge in [0.2, 0.25) is 5.76 Å². The minimum Gasteiger partial charge on any atom is -0.496 e. The third kappa shape index (κ3) is 3.08. The monoisotopic (exact) mass is 310 g/mol. The first-order valence-corrected chi connectivity index (χ1v) is 7.01. The first-order valence-electron chi connectivity index (χ1n) is 7.01. The lowest BCUT2D eigenvalue weighted by molar-refractivity contribution is 0.0434. The molecule has 0 radical (unpaired) electrons. The maximum atomic E-state index is 12.1. The Bertz CT molecular complexity index is 910. The molecule has 0 amide bonds. The molecule has 1 aromatic heterocycles. The first kappa shape index (κ1) is 14.8. The summed E-state index contributed by atoms with van der Waals surface area (Å²) in [6.45, 7) is 0.0272. The fraction of sp³-hybridized carbons (Fsp3) is 0.111. The van der Waals surface area contributed by atoms with Crippen LogP contribution in [0.3, 0.4) is 0 Å². The van der Waals surface area contributed by atoms with E-state index < -0.39 is 5.97 Å². The molecular formula is C18H14O5. The number of methoxy groups -OCH3 is 1. The Morgan fingerprint density at radius 2 is 1.83 bits per heavy atom. The topological polar surface area (TPSA) is 65.7 Å². The first-order chi connectivity index (χ1) is 11.2. The Labute approximate surface area is 132 Å². The summed E-state index contributed by atoms with van der Waals surface area (Å²) in [4.78, 5) is 24.1. The molecule has 0 saturated carbocycles. The number of carbonyl (C=O) groups is 1. The smallest absolute Gasteiger partial charge is 0.374 e. The van der Waals surface area contributed by atoms with Crippen molar-refractivity contribution in [1.29, 1.82) is 0 Å². The summed E-state index contributed by atoms with van der Waals surface area (Å²) in [6, 6.07) is 15.1. The highest BCUT2D eigenvalue weighted by molar-refractivity contribution is 5.88. The molecule has 23 heavy (non-hydrogen) atoms. The summed E-state index contributed by atoms with van der Waals surface area (Å²) in [6.07, 6.45) is 0. The Hall–Kier alpha value is -3.08. The Kier molecular flexibility index (Phi) is 4.10. The fourth-order valence-electron chi connectivity index (χ4n) is 2.24. The van der Waals surface area contributed by atoms with Crippen molar-refractivity contribution in [2.24, 2.45) is 0 Å². The zero-order chi connectivity index (χ0) is 16.2. The molecule has 0 aliphatic heterocycles. The fourth-order valence-corrected chi connectivity index (χ4v) is 2.24. The lowest BCUT2D eigenvalue weighted by atomic mass is 10.2. The lowest BCUT2D eigenvalue weighted by Gasteiger charge is -2.08. The Morgan fingerprint density at radius 1 is 1.09 bits per heavy atom. The van der Waals surface area contributed by atoms with Crippen LogP contribution in [0.4, 0.5) is 0 Å². The van der Waals surface area contributed by atoms with Crippen molar-refractivity contribution < 1.29 is 18.7 Å². The summed E-state index contributed by atoms with van der Waals surface area (Å²) in [7, 11) is 1.54. The van der Waals surface area contributed by atoms with Crippen LogP contribution in [-0.2, 0) is 11.3 Å². The molecule has 5 heteroatoms. The Balaban J connectivity index is 1.82. The highest BCUT2D eigenvalue weighted by atomic mass is 16.5. The second-order valence-electron chi connectivity index (χ2n) is 4.86. The molecular weight excluding hydrogens is 296 g/mol. The van der Waals surface area contributed by atoms with Gasteiger partial charge in [0.1, 0.15) is 17.9 Å². The highest BCUT2D eigenvalue weighted by Crippen LogP contribution is 2.19. The van der Waals surface area contributed by atoms with Gasteiger partial charge in [-0.2, -0.15) is 0 Å². The zero-order valence-corrected chi connectivity index (χ0v) is 12.4. The summed E-state index contributed by atoms with van der Waals surface area (Å²) in [5.41, 5.74) is 0.798. The molecule has 0 atom stereocenters. The number of benzene rings is 2. The lowest BCUT2D eigenvalue weighted by Crippen LogP contribution is -2.10. The van der Waals surface area contributed by atoms with E-state index in [1.807, 2.05) is 12.1 Å². The molecule has 0 fully saturated rings. The summed E-state index contributed by atoms with van der Waals surface area (Å²) in [5.74, 6) is -0.192. The van der Waals surface area contributed by atoms with E-state index in [9.17, 15) is 9.59 Å². The molecule has 0 N–H and O–H groups in total. The van der Waals surface area contributed by atoms with Gasteiger partial charge < -0.3 is 13.9 Å². The van der Waals surface area contributed by atoms with Crippen LogP contribution in [0, 0.1) is 0 Å². The summed E-state index contributed by atoms with van der Waals surface area (Å²) >= 11 is 0. The number of hydrogen-bond acceptors (Lipinski definition) is 5. The minimum absolute atomic E-state index is 0.0272. The van der Waals surface area contributed by atoms with Gasteiger partial charge >= 0.3 is 5.97 Å². The average Bonchev–Trinajstić information content (AvgIpc) is 2.59. The van der Waals surface area contributed by atoms with E-state index in [4.69, 9.17) is 13.9 Å². The van der Waals surface area contributed by atoms with E-state index >= 15 is 0 Å². The van der Waals surface area contributed by atoms with Crippen molar-refractivity contribution in [2.75, 3.05) is 7.11 Å². The molecule has 116 valence electrons. The summed E-state index contributed by atoms with van der Waals surface area (Å²) in [5, 5.41) is 0.425. The highest BCUT2D eigenvalue weighted by Gasteiger charge is 2.14. The van der Waals surface area contributed by atoms with Crippen molar-refractivity contribution in [1.82, 2.24) is 0 Å². The van der Waals surface area contributed by atoms with Crippen molar-refractivity contribution in [3.05, 3.63) is 76.1 Å². The zero-order valence-electron chi connectivity index (χ0n) is 12.4. The van der Waals surface area contributed by atoms with Gasteiger partial charge in [-0.25, -0.2) is 4.79 Å². The summed E-state index contributed by atoms with van der Waals surface area (Å²) < 4.78 is 15.8. The van der Waals surface area contributed by atoms with Crippen LogP contribution in [0.5, 0.6) is 5.75 Å². The molecule has 2 aromatic carbocycles. The maximum absolute atomic E-state index is 12.1. The number of ether oxygens (including phenoxy) is 2. The number of para-hydroxylation sites is 2. The van der Waals surface area contributed by atoms with E-state index in [0.717, 1.165) is 11.6 Å². The largest absolute Gasteiger partial charge is 0.496 e. The second-order valence-corrected chi connectivity index (χ2v) is 4.86. The molecule has 3 aromatic rings. The standard InChI is InChI=1S/C18H14O5/c1-21-15-8-4-2-6-12(15)11-22-18(20)17-10-14(19)13-7-3-5-9-16(13)23-17/h2-10H,11H2,1H3. The Morgan fingerprint density at radius 3 is 2.65 bits per heavy atom. The third-order valence-electron chi connectivity index (χ3n) is 3.39. The van der Waals surface area contributed by atoms with Crippen LogP contribution in [-0.4, -0.2) is 13.1 Å². The van der Waals surface area contributed by atoms with Gasteiger partial charge in [-0.3, -0.25) is 4.79 Å². The quantitative estimate of drug-likeness (QED) is 0.693. The molecule has 0 unspecified atom stereocenters. The predicted molar refractivity (Wildman–Crippen MR) is 84.6 cm³/mol. The second kappa shape index (κ2) is 6.36. The minimum atomic E-state index is -0.696. The molecule has 0 bridgehead atoms. The van der Waals surface area contributed by atoms with Gasteiger partial charge in [0.15, 0.2) is 5.43 Å². The van der Waals surface area contributed by atoms with E-state index in [1.165, 1.54) is 0 Å². The molecule has 0 aliphatic rings. The van der Waals surface area contributed by atoms with Gasteiger partial charge in [-0.05, 0) is 18.2 Å². The van der Waals surface area contributed by atoms with Gasteiger partial charge in [0.05, 0.1) is 12.5 Å². The van der Waals surface area contributed by atoms with Crippen molar-refractivity contribution in [3.63, 3.8) is 0 Å². The van der Waals surface area contributed by atoms with Crippen LogP contribution in [0.15, 0.2) is 63.8 Å². The maximum Gasteiger partial charge on any atom is 0.374 e. The van der Waals surface area contributed by atoms with Crippen molar-refractivity contribution in [2.45, 2.75) is 6.61 Å². The molecule has 3 rings (SSSR count). The molecule has 0 aliphatic carbocycles. The van der Waals surface area contributed by atoms with E-state index in [-0.39, 0.29) is 17.8 Å². The van der Waals surface area contributed by atoms with E-state index in [2.05, 4.69) is 0 Å². The molecule has 0 spiro atoms. The normalized spacial score (nSPS) is 10.5. The van der Waals surface area contributed by atoms with Gasteiger partial charge in [0.25, 0.3) is 0 Å². The molecule has 5 nitrogen and oxygen atoms in total. The van der Waals surface area contributed by atoms with Gasteiger partial charge in [-0.1, -0.05) is 30.3 Å². The SMILES string of the molecule is COc1ccccc1COC(=O)c1cc(=O)c2ccccc2o1.